The van der Waals surface area contributed by atoms with E-state index in [9.17, 15) is 0 Å². The Morgan fingerprint density at radius 1 is 1.44 bits per heavy atom. The van der Waals surface area contributed by atoms with E-state index in [1.807, 2.05) is 19.1 Å². The first-order chi connectivity index (χ1) is 7.65. The number of hydrogen-bond donors (Lipinski definition) is 1. The monoisotopic (exact) mass is 286 g/mol. The molecular weight excluding hydrogens is 268 g/mol. The van der Waals surface area contributed by atoms with Crippen molar-refractivity contribution in [1.82, 2.24) is 4.90 Å². The topological polar surface area (TPSA) is 38.5 Å². The van der Waals surface area contributed by atoms with E-state index in [1.54, 1.807) is 0 Å². The van der Waals surface area contributed by atoms with Crippen LogP contribution in [0.2, 0.25) is 0 Å². The van der Waals surface area contributed by atoms with Crippen LogP contribution in [0.25, 0.3) is 0 Å². The van der Waals surface area contributed by atoms with Gasteiger partial charge in [-0.05, 0) is 41.5 Å². The summed E-state index contributed by atoms with van der Waals surface area (Å²) in [5, 5.41) is 0. The third kappa shape index (κ3) is 4.12. The van der Waals surface area contributed by atoms with Crippen LogP contribution in [0.5, 0.6) is 0 Å². The lowest BCUT2D eigenvalue weighted by atomic mass is 10.2. The molecule has 0 saturated carbocycles. The second-order valence-corrected chi connectivity index (χ2v) is 4.55. The van der Waals surface area contributed by atoms with Crippen molar-refractivity contribution in [2.24, 2.45) is 0 Å². The lowest BCUT2D eigenvalue weighted by Gasteiger charge is -2.17. The molecule has 4 heteroatoms. The van der Waals surface area contributed by atoms with Gasteiger partial charge in [0.1, 0.15) is 0 Å². The van der Waals surface area contributed by atoms with Crippen molar-refractivity contribution in [2.45, 2.75) is 13.5 Å². The van der Waals surface area contributed by atoms with Crippen LogP contribution < -0.4 is 5.73 Å². The predicted molar refractivity (Wildman–Crippen MR) is 71.4 cm³/mol. The van der Waals surface area contributed by atoms with E-state index >= 15 is 0 Å². The molecule has 0 aliphatic rings. The van der Waals surface area contributed by atoms with Gasteiger partial charge in [0.2, 0.25) is 0 Å². The van der Waals surface area contributed by atoms with E-state index in [0.717, 1.165) is 36.5 Å². The molecule has 0 atom stereocenters. The van der Waals surface area contributed by atoms with E-state index < -0.39 is 0 Å². The molecule has 1 aromatic rings. The molecule has 2 N–H and O–H groups in total. The predicted octanol–water partition coefficient (Wildman–Crippen LogP) is 2.50. The van der Waals surface area contributed by atoms with Crippen molar-refractivity contribution in [1.29, 1.82) is 0 Å². The number of nitrogens with zero attached hydrogens (tertiary/aromatic N) is 1. The summed E-state index contributed by atoms with van der Waals surface area (Å²) >= 11 is 3.51. The fourth-order valence-corrected chi connectivity index (χ4v) is 1.85. The number of likely N-dealkylation sites (N-methyl/N-ethyl adjacent to an activating group) is 1. The number of hydrogen-bond acceptors (Lipinski definition) is 3. The van der Waals surface area contributed by atoms with Crippen molar-refractivity contribution < 1.29 is 4.74 Å². The molecular formula is C12H19BrN2O. The Hall–Kier alpha value is -0.580. The normalized spacial score (nSPS) is 11.0. The molecule has 0 aliphatic carbocycles. The standard InChI is InChI=1S/C12H19BrN2O/c1-3-16-8-7-15(2)9-10-5-4-6-11(14)12(10)13/h4-6H,3,7-9,14H2,1-2H3. The number of benzene rings is 1. The Morgan fingerprint density at radius 2 is 2.19 bits per heavy atom. The van der Waals surface area contributed by atoms with Crippen LogP contribution in [-0.4, -0.2) is 31.7 Å². The summed E-state index contributed by atoms with van der Waals surface area (Å²) in [6, 6.07) is 5.96. The first kappa shape index (κ1) is 13.5. The maximum Gasteiger partial charge on any atom is 0.0593 e. The minimum Gasteiger partial charge on any atom is -0.398 e. The summed E-state index contributed by atoms with van der Waals surface area (Å²) < 4.78 is 6.32. The smallest absolute Gasteiger partial charge is 0.0593 e. The van der Waals surface area contributed by atoms with Gasteiger partial charge in [0.15, 0.2) is 0 Å². The van der Waals surface area contributed by atoms with Crippen molar-refractivity contribution in [2.75, 3.05) is 32.5 Å². The maximum atomic E-state index is 5.83. The van der Waals surface area contributed by atoms with Gasteiger partial charge < -0.3 is 10.5 Å². The third-order valence-corrected chi connectivity index (χ3v) is 3.34. The zero-order valence-corrected chi connectivity index (χ0v) is 11.5. The number of halogens is 1. The Balaban J connectivity index is 2.49. The van der Waals surface area contributed by atoms with Gasteiger partial charge in [0, 0.05) is 29.9 Å². The molecule has 1 rings (SSSR count). The van der Waals surface area contributed by atoms with Gasteiger partial charge in [-0.3, -0.25) is 4.90 Å². The van der Waals surface area contributed by atoms with Crippen molar-refractivity contribution in [3.8, 4) is 0 Å². The zero-order chi connectivity index (χ0) is 12.0. The second-order valence-electron chi connectivity index (χ2n) is 3.76. The average Bonchev–Trinajstić information content (AvgIpc) is 2.25. The second kappa shape index (κ2) is 6.89. The number of nitrogens with two attached hydrogens (primary N) is 1. The Kier molecular flexibility index (Phi) is 5.80. The van der Waals surface area contributed by atoms with Crippen LogP contribution in [0, 0.1) is 0 Å². The van der Waals surface area contributed by atoms with Crippen molar-refractivity contribution >= 4 is 21.6 Å². The minimum atomic E-state index is 0.771. The third-order valence-electron chi connectivity index (χ3n) is 2.37. The molecule has 90 valence electrons. The van der Waals surface area contributed by atoms with Crippen LogP contribution in [0.1, 0.15) is 12.5 Å². The van der Waals surface area contributed by atoms with Gasteiger partial charge in [-0.2, -0.15) is 0 Å². The summed E-state index contributed by atoms with van der Waals surface area (Å²) in [5.74, 6) is 0. The lowest BCUT2D eigenvalue weighted by molar-refractivity contribution is 0.120. The highest BCUT2D eigenvalue weighted by Crippen LogP contribution is 2.24. The highest BCUT2D eigenvalue weighted by Gasteiger charge is 2.05. The van der Waals surface area contributed by atoms with Crippen LogP contribution >= 0.6 is 15.9 Å². The summed E-state index contributed by atoms with van der Waals surface area (Å²) in [4.78, 5) is 2.22. The van der Waals surface area contributed by atoms with E-state index in [1.165, 1.54) is 5.56 Å². The van der Waals surface area contributed by atoms with Crippen LogP contribution in [0.15, 0.2) is 22.7 Å². The van der Waals surface area contributed by atoms with Crippen molar-refractivity contribution in [3.63, 3.8) is 0 Å². The van der Waals surface area contributed by atoms with E-state index in [2.05, 4.69) is 33.9 Å². The molecule has 0 heterocycles. The molecule has 0 aromatic heterocycles. The quantitative estimate of drug-likeness (QED) is 0.645. The van der Waals surface area contributed by atoms with Gasteiger partial charge in [-0.25, -0.2) is 0 Å². The van der Waals surface area contributed by atoms with Crippen LogP contribution in [-0.2, 0) is 11.3 Å². The Morgan fingerprint density at radius 3 is 2.88 bits per heavy atom. The molecule has 16 heavy (non-hydrogen) atoms. The number of anilines is 1. The van der Waals surface area contributed by atoms with Crippen LogP contribution in [0.3, 0.4) is 0 Å². The van der Waals surface area contributed by atoms with Gasteiger partial charge >= 0.3 is 0 Å². The molecule has 1 aromatic carbocycles. The first-order valence-electron chi connectivity index (χ1n) is 5.44. The summed E-state index contributed by atoms with van der Waals surface area (Å²) in [7, 11) is 2.08. The summed E-state index contributed by atoms with van der Waals surface area (Å²) in [6.07, 6.45) is 0. The molecule has 0 aliphatic heterocycles. The molecule has 0 radical (unpaired) electrons. The average molecular weight is 287 g/mol. The van der Waals surface area contributed by atoms with Gasteiger partial charge in [-0.1, -0.05) is 12.1 Å². The van der Waals surface area contributed by atoms with Gasteiger partial charge in [0.25, 0.3) is 0 Å². The Bertz CT molecular complexity index is 331. The van der Waals surface area contributed by atoms with E-state index in [4.69, 9.17) is 10.5 Å². The molecule has 0 spiro atoms. The van der Waals surface area contributed by atoms with Crippen molar-refractivity contribution in [3.05, 3.63) is 28.2 Å². The Labute approximate surface area is 106 Å². The molecule has 0 fully saturated rings. The van der Waals surface area contributed by atoms with Crippen LogP contribution in [0.4, 0.5) is 5.69 Å². The maximum absolute atomic E-state index is 5.83. The zero-order valence-electron chi connectivity index (χ0n) is 9.87. The van der Waals surface area contributed by atoms with E-state index in [0.29, 0.717) is 0 Å². The highest BCUT2D eigenvalue weighted by atomic mass is 79.9. The summed E-state index contributed by atoms with van der Waals surface area (Å²) in [5.41, 5.74) is 7.82. The molecule has 0 bridgehead atoms. The number of nitrogen functional groups attached to an aromatic ring is 1. The molecule has 0 saturated heterocycles. The minimum absolute atomic E-state index is 0.771. The first-order valence-corrected chi connectivity index (χ1v) is 6.23. The SMILES string of the molecule is CCOCCN(C)Cc1cccc(N)c1Br. The highest BCUT2D eigenvalue weighted by molar-refractivity contribution is 9.10. The lowest BCUT2D eigenvalue weighted by Crippen LogP contribution is -2.23. The van der Waals surface area contributed by atoms with Gasteiger partial charge in [0.05, 0.1) is 6.61 Å². The summed E-state index contributed by atoms with van der Waals surface area (Å²) in [6.45, 7) is 5.35. The molecule has 0 unspecified atom stereocenters. The fraction of sp³-hybridized carbons (Fsp3) is 0.500. The molecule has 3 nitrogen and oxygen atoms in total. The largest absolute Gasteiger partial charge is 0.398 e. The number of ether oxygens (including phenoxy) is 1. The van der Waals surface area contributed by atoms with Gasteiger partial charge in [-0.15, -0.1) is 0 Å². The fourth-order valence-electron chi connectivity index (χ4n) is 1.46. The molecule has 0 amide bonds. The van der Waals surface area contributed by atoms with E-state index in [-0.39, 0.29) is 0 Å². The number of rotatable bonds is 6.